The number of hydrogen-bond acceptors (Lipinski definition) is 5. The molecule has 0 aromatic carbocycles. The normalized spacial score (nSPS) is 30.8. The zero-order valence-electron chi connectivity index (χ0n) is 14.4. The maximum absolute atomic E-state index is 12.6. The summed E-state index contributed by atoms with van der Waals surface area (Å²) in [4.78, 5) is 15.0. The predicted molar refractivity (Wildman–Crippen MR) is 88.2 cm³/mol. The lowest BCUT2D eigenvalue weighted by Crippen LogP contribution is -2.53. The van der Waals surface area contributed by atoms with E-state index in [0.29, 0.717) is 12.5 Å². The molecule has 132 valence electrons. The van der Waals surface area contributed by atoms with E-state index in [-0.39, 0.29) is 17.9 Å². The standard InChI is InChI=1S/C18H27N3O3/c1-12-8-14(20-24-12)10-21-6-4-17-16(11-21)15(5-7-23-17)18(22)19-9-13-2-3-13/h8,13,15-17H,2-7,9-11H2,1H3,(H,19,22)/t15-,16-,17-/m0/s1. The summed E-state index contributed by atoms with van der Waals surface area (Å²) < 4.78 is 11.1. The van der Waals surface area contributed by atoms with Gasteiger partial charge in [0.1, 0.15) is 5.76 Å². The van der Waals surface area contributed by atoms with Crippen molar-refractivity contribution in [2.45, 2.75) is 45.3 Å². The van der Waals surface area contributed by atoms with E-state index < -0.39 is 0 Å². The second-order valence-electron chi connectivity index (χ2n) is 7.61. The topological polar surface area (TPSA) is 67.6 Å². The number of hydrogen-bond donors (Lipinski definition) is 1. The third kappa shape index (κ3) is 3.64. The summed E-state index contributed by atoms with van der Waals surface area (Å²) >= 11 is 0. The second kappa shape index (κ2) is 6.84. The van der Waals surface area contributed by atoms with Crippen LogP contribution in [0.5, 0.6) is 0 Å². The Labute approximate surface area is 142 Å². The van der Waals surface area contributed by atoms with Crippen molar-refractivity contribution in [2.75, 3.05) is 26.2 Å². The minimum absolute atomic E-state index is 0.0874. The maximum Gasteiger partial charge on any atom is 0.223 e. The van der Waals surface area contributed by atoms with Crippen molar-refractivity contribution in [2.24, 2.45) is 17.8 Å². The monoisotopic (exact) mass is 333 g/mol. The van der Waals surface area contributed by atoms with Crippen molar-refractivity contribution in [3.63, 3.8) is 0 Å². The number of aryl methyl sites for hydroxylation is 1. The molecule has 0 unspecified atom stereocenters. The summed E-state index contributed by atoms with van der Waals surface area (Å²) in [5, 5.41) is 7.27. The van der Waals surface area contributed by atoms with Gasteiger partial charge in [0.2, 0.25) is 5.91 Å². The number of likely N-dealkylation sites (tertiary alicyclic amines) is 1. The van der Waals surface area contributed by atoms with E-state index in [1.54, 1.807) is 0 Å². The average Bonchev–Trinajstić information content (AvgIpc) is 3.33. The molecular weight excluding hydrogens is 306 g/mol. The zero-order chi connectivity index (χ0) is 16.5. The maximum atomic E-state index is 12.6. The quantitative estimate of drug-likeness (QED) is 0.889. The number of carbonyl (C=O) groups excluding carboxylic acids is 1. The highest BCUT2D eigenvalue weighted by atomic mass is 16.5. The van der Waals surface area contributed by atoms with E-state index in [4.69, 9.17) is 9.26 Å². The molecule has 3 heterocycles. The lowest BCUT2D eigenvalue weighted by molar-refractivity contribution is -0.142. The van der Waals surface area contributed by atoms with Crippen molar-refractivity contribution >= 4 is 5.91 Å². The van der Waals surface area contributed by atoms with Gasteiger partial charge in [-0.05, 0) is 38.5 Å². The number of rotatable bonds is 5. The van der Waals surface area contributed by atoms with Gasteiger partial charge < -0.3 is 14.6 Å². The first-order valence-corrected chi connectivity index (χ1v) is 9.23. The third-order valence-corrected chi connectivity index (χ3v) is 5.62. The third-order valence-electron chi connectivity index (χ3n) is 5.62. The van der Waals surface area contributed by atoms with Crippen molar-refractivity contribution in [3.05, 3.63) is 17.5 Å². The Hall–Kier alpha value is -1.40. The number of carbonyl (C=O) groups is 1. The number of ether oxygens (including phenoxy) is 1. The van der Waals surface area contributed by atoms with Gasteiger partial charge in [-0.25, -0.2) is 0 Å². The average molecular weight is 333 g/mol. The van der Waals surface area contributed by atoms with E-state index in [9.17, 15) is 4.79 Å². The van der Waals surface area contributed by atoms with Gasteiger partial charge in [0.05, 0.1) is 11.8 Å². The second-order valence-corrected chi connectivity index (χ2v) is 7.61. The minimum atomic E-state index is 0.0874. The molecule has 0 bridgehead atoms. The molecule has 3 fully saturated rings. The highest BCUT2D eigenvalue weighted by Gasteiger charge is 2.41. The van der Waals surface area contributed by atoms with E-state index in [1.807, 2.05) is 13.0 Å². The predicted octanol–water partition coefficient (Wildman–Crippen LogP) is 1.74. The van der Waals surface area contributed by atoms with Gasteiger partial charge in [-0.1, -0.05) is 5.16 Å². The number of nitrogens with zero attached hydrogens (tertiary/aromatic N) is 2. The van der Waals surface area contributed by atoms with E-state index in [0.717, 1.165) is 56.4 Å². The van der Waals surface area contributed by atoms with Crippen molar-refractivity contribution < 1.29 is 14.1 Å². The number of nitrogens with one attached hydrogen (secondary N) is 1. The van der Waals surface area contributed by atoms with Crippen LogP contribution in [0.1, 0.15) is 37.1 Å². The van der Waals surface area contributed by atoms with Crippen LogP contribution in [-0.2, 0) is 16.1 Å². The highest BCUT2D eigenvalue weighted by molar-refractivity contribution is 5.79. The van der Waals surface area contributed by atoms with Crippen LogP contribution in [0.25, 0.3) is 0 Å². The van der Waals surface area contributed by atoms with Crippen LogP contribution in [-0.4, -0.2) is 48.3 Å². The number of amides is 1. The fourth-order valence-corrected chi connectivity index (χ4v) is 4.07. The fourth-order valence-electron chi connectivity index (χ4n) is 4.07. The first-order valence-electron chi connectivity index (χ1n) is 9.23. The summed E-state index contributed by atoms with van der Waals surface area (Å²) in [6.45, 7) is 6.16. The summed E-state index contributed by atoms with van der Waals surface area (Å²) in [5.74, 6) is 2.18. The number of fused-ring (bicyclic) bond motifs is 1. The fraction of sp³-hybridized carbons (Fsp3) is 0.778. The molecule has 6 heteroatoms. The number of piperidine rings is 1. The van der Waals surface area contributed by atoms with Crippen LogP contribution in [0.3, 0.4) is 0 Å². The molecule has 0 radical (unpaired) electrons. The lowest BCUT2D eigenvalue weighted by atomic mass is 9.79. The van der Waals surface area contributed by atoms with Gasteiger partial charge >= 0.3 is 0 Å². The van der Waals surface area contributed by atoms with Gasteiger partial charge in [-0.2, -0.15) is 0 Å². The summed E-state index contributed by atoms with van der Waals surface area (Å²) in [6.07, 6.45) is 4.60. The molecule has 3 aliphatic rings. The number of aromatic nitrogens is 1. The van der Waals surface area contributed by atoms with E-state index in [1.165, 1.54) is 12.8 Å². The molecule has 1 N–H and O–H groups in total. The highest BCUT2D eigenvalue weighted by Crippen LogP contribution is 2.34. The first-order chi connectivity index (χ1) is 11.7. The molecule has 1 aliphatic carbocycles. The molecule has 1 aromatic rings. The molecular formula is C18H27N3O3. The first kappa shape index (κ1) is 16.1. The molecule has 24 heavy (non-hydrogen) atoms. The Kier molecular flexibility index (Phi) is 4.59. The van der Waals surface area contributed by atoms with Crippen LogP contribution in [0, 0.1) is 24.7 Å². The van der Waals surface area contributed by atoms with E-state index in [2.05, 4.69) is 15.4 Å². The van der Waals surface area contributed by atoms with Crippen LogP contribution in [0.15, 0.2) is 10.6 Å². The van der Waals surface area contributed by atoms with Gasteiger partial charge in [0, 0.05) is 50.7 Å². The molecule has 6 nitrogen and oxygen atoms in total. The zero-order valence-corrected chi connectivity index (χ0v) is 14.4. The van der Waals surface area contributed by atoms with Crippen LogP contribution in [0.2, 0.25) is 0 Å². The van der Waals surface area contributed by atoms with Crippen LogP contribution < -0.4 is 5.32 Å². The van der Waals surface area contributed by atoms with Crippen molar-refractivity contribution in [3.8, 4) is 0 Å². The minimum Gasteiger partial charge on any atom is -0.378 e. The largest absolute Gasteiger partial charge is 0.378 e. The smallest absolute Gasteiger partial charge is 0.223 e. The summed E-state index contributed by atoms with van der Waals surface area (Å²) in [5.41, 5.74) is 0.970. The molecule has 4 rings (SSSR count). The molecule has 2 saturated heterocycles. The Morgan fingerprint density at radius 2 is 2.25 bits per heavy atom. The summed E-state index contributed by atoms with van der Waals surface area (Å²) in [7, 11) is 0. The van der Waals surface area contributed by atoms with Crippen molar-refractivity contribution in [1.29, 1.82) is 0 Å². The van der Waals surface area contributed by atoms with Crippen LogP contribution in [0.4, 0.5) is 0 Å². The Bertz CT molecular complexity index is 584. The molecule has 1 aromatic heterocycles. The lowest BCUT2D eigenvalue weighted by Gasteiger charge is -2.44. The van der Waals surface area contributed by atoms with Gasteiger partial charge in [0.25, 0.3) is 0 Å². The van der Waals surface area contributed by atoms with Crippen LogP contribution >= 0.6 is 0 Å². The Balaban J connectivity index is 1.37. The SMILES string of the molecule is Cc1cc(CN2CC[C@@H]3OCC[C@H](C(=O)NCC4CC4)[C@@H]3C2)no1. The Morgan fingerprint density at radius 1 is 1.38 bits per heavy atom. The van der Waals surface area contributed by atoms with Gasteiger partial charge in [-0.3, -0.25) is 9.69 Å². The van der Waals surface area contributed by atoms with E-state index >= 15 is 0 Å². The molecule has 0 spiro atoms. The molecule has 3 atom stereocenters. The Morgan fingerprint density at radius 3 is 3.00 bits per heavy atom. The summed E-state index contributed by atoms with van der Waals surface area (Å²) in [6, 6.07) is 1.99. The molecule has 1 amide bonds. The molecule has 1 saturated carbocycles. The van der Waals surface area contributed by atoms with Crippen molar-refractivity contribution in [1.82, 2.24) is 15.4 Å². The molecule has 2 aliphatic heterocycles. The van der Waals surface area contributed by atoms with Gasteiger partial charge in [0.15, 0.2) is 0 Å². The van der Waals surface area contributed by atoms with Gasteiger partial charge in [-0.15, -0.1) is 0 Å².